The standard InChI is InChI=1S/C17H15FN4O2S.ClH/c18-13-2-4-14(5-3-13)21-25(23,24)15-6-7-17(16(19)12-15)22-10-1-8-20-9-11-22;/h1-12,21H,19H2;1H. The van der Waals surface area contributed by atoms with Gasteiger partial charge in [-0.25, -0.2) is 12.8 Å². The molecule has 0 radical (unpaired) electrons. The van der Waals surface area contributed by atoms with E-state index >= 15 is 0 Å². The van der Waals surface area contributed by atoms with E-state index in [2.05, 4.69) is 9.71 Å². The van der Waals surface area contributed by atoms with Crippen LogP contribution in [0, 0.1) is 5.82 Å². The van der Waals surface area contributed by atoms with Gasteiger partial charge >= 0.3 is 0 Å². The molecule has 136 valence electrons. The van der Waals surface area contributed by atoms with E-state index in [1.54, 1.807) is 41.9 Å². The van der Waals surface area contributed by atoms with Crippen LogP contribution in [0.4, 0.5) is 21.5 Å². The fraction of sp³-hybridized carbons (Fsp3) is 0. The molecule has 0 bridgehead atoms. The van der Waals surface area contributed by atoms with E-state index in [1.807, 2.05) is 0 Å². The van der Waals surface area contributed by atoms with Crippen molar-refractivity contribution in [3.8, 4) is 0 Å². The molecule has 0 spiro atoms. The molecular formula is C17H16ClFN4O2S. The van der Waals surface area contributed by atoms with Crippen LogP contribution >= 0.6 is 12.4 Å². The number of aliphatic imine (C=N–C) groups is 1. The highest BCUT2D eigenvalue weighted by Gasteiger charge is 2.17. The van der Waals surface area contributed by atoms with Gasteiger partial charge in [-0.3, -0.25) is 9.71 Å². The molecule has 3 N–H and O–H groups in total. The van der Waals surface area contributed by atoms with Crippen LogP contribution in [0.15, 0.2) is 77.0 Å². The summed E-state index contributed by atoms with van der Waals surface area (Å²) >= 11 is 0. The Balaban J connectivity index is 0.00000243. The lowest BCUT2D eigenvalue weighted by atomic mass is 10.2. The summed E-state index contributed by atoms with van der Waals surface area (Å²) in [7, 11) is -3.84. The molecule has 1 aliphatic heterocycles. The number of nitrogens with one attached hydrogen (secondary N) is 1. The van der Waals surface area contributed by atoms with Crippen molar-refractivity contribution in [3.63, 3.8) is 0 Å². The van der Waals surface area contributed by atoms with E-state index in [4.69, 9.17) is 5.73 Å². The van der Waals surface area contributed by atoms with Crippen molar-refractivity contribution in [2.45, 2.75) is 4.90 Å². The summed E-state index contributed by atoms with van der Waals surface area (Å²) in [6.45, 7) is 0. The van der Waals surface area contributed by atoms with Crippen molar-refractivity contribution in [3.05, 3.63) is 73.0 Å². The van der Waals surface area contributed by atoms with Gasteiger partial charge in [0, 0.05) is 30.5 Å². The van der Waals surface area contributed by atoms with Crippen LogP contribution in [0.2, 0.25) is 0 Å². The molecule has 1 aliphatic rings. The summed E-state index contributed by atoms with van der Waals surface area (Å²) < 4.78 is 40.2. The minimum absolute atomic E-state index is 0. The number of hydrogen-bond acceptors (Lipinski definition) is 5. The Kier molecular flexibility index (Phi) is 6.01. The molecule has 0 aromatic heterocycles. The number of rotatable bonds is 4. The van der Waals surface area contributed by atoms with E-state index in [9.17, 15) is 12.8 Å². The summed E-state index contributed by atoms with van der Waals surface area (Å²) in [4.78, 5) is 5.72. The SMILES string of the molecule is Cl.Nc1cc(S(=O)(=O)Nc2ccc(F)cc2)ccc1N1C=CC=NC=C1. The molecule has 0 aliphatic carbocycles. The van der Waals surface area contributed by atoms with Crippen molar-refractivity contribution in [2.24, 2.45) is 4.99 Å². The van der Waals surface area contributed by atoms with Gasteiger partial charge in [0.05, 0.1) is 16.3 Å². The summed E-state index contributed by atoms with van der Waals surface area (Å²) in [5, 5.41) is 0. The van der Waals surface area contributed by atoms with Gasteiger partial charge in [-0.05, 0) is 48.5 Å². The zero-order valence-corrected chi connectivity index (χ0v) is 15.0. The monoisotopic (exact) mass is 394 g/mol. The Labute approximate surface area is 157 Å². The predicted octanol–water partition coefficient (Wildman–Crippen LogP) is 3.51. The number of nitrogen functional groups attached to an aromatic ring is 1. The molecule has 2 aromatic rings. The van der Waals surface area contributed by atoms with Crippen LogP contribution in [-0.2, 0) is 10.0 Å². The molecule has 2 aromatic carbocycles. The quantitative estimate of drug-likeness (QED) is 0.777. The van der Waals surface area contributed by atoms with Gasteiger partial charge in [0.25, 0.3) is 10.0 Å². The number of allylic oxidation sites excluding steroid dienone is 1. The van der Waals surface area contributed by atoms with E-state index < -0.39 is 15.8 Å². The van der Waals surface area contributed by atoms with Crippen molar-refractivity contribution < 1.29 is 12.8 Å². The Bertz CT molecular complexity index is 957. The first-order chi connectivity index (χ1) is 12.0. The number of halogens is 2. The van der Waals surface area contributed by atoms with Gasteiger partial charge in [0.1, 0.15) is 5.82 Å². The summed E-state index contributed by atoms with van der Waals surface area (Å²) in [6.07, 6.45) is 8.42. The third-order valence-corrected chi connectivity index (χ3v) is 4.80. The summed E-state index contributed by atoms with van der Waals surface area (Å²) in [6, 6.07) is 9.47. The highest BCUT2D eigenvalue weighted by Crippen LogP contribution is 2.28. The molecule has 9 heteroatoms. The molecule has 0 saturated heterocycles. The first-order valence-electron chi connectivity index (χ1n) is 7.29. The van der Waals surface area contributed by atoms with Crippen LogP contribution in [0.25, 0.3) is 0 Å². The zero-order chi connectivity index (χ0) is 17.9. The van der Waals surface area contributed by atoms with Crippen molar-refractivity contribution in [1.82, 2.24) is 0 Å². The first-order valence-corrected chi connectivity index (χ1v) is 8.77. The zero-order valence-electron chi connectivity index (χ0n) is 13.4. The summed E-state index contributed by atoms with van der Waals surface area (Å²) in [5.74, 6) is -0.445. The van der Waals surface area contributed by atoms with E-state index in [-0.39, 0.29) is 28.7 Å². The largest absolute Gasteiger partial charge is 0.397 e. The molecule has 26 heavy (non-hydrogen) atoms. The third kappa shape index (κ3) is 4.41. The van der Waals surface area contributed by atoms with Crippen LogP contribution in [0.1, 0.15) is 0 Å². The van der Waals surface area contributed by atoms with Crippen LogP contribution in [-0.4, -0.2) is 14.6 Å². The van der Waals surface area contributed by atoms with Crippen molar-refractivity contribution >= 4 is 45.7 Å². The number of benzene rings is 2. The average molecular weight is 395 g/mol. The highest BCUT2D eigenvalue weighted by molar-refractivity contribution is 7.92. The maximum absolute atomic E-state index is 12.9. The summed E-state index contributed by atoms with van der Waals surface area (Å²) in [5.41, 5.74) is 7.20. The van der Waals surface area contributed by atoms with Gasteiger partial charge in [-0.15, -0.1) is 12.4 Å². The minimum atomic E-state index is -3.84. The number of anilines is 3. The Morgan fingerprint density at radius 3 is 2.50 bits per heavy atom. The smallest absolute Gasteiger partial charge is 0.261 e. The van der Waals surface area contributed by atoms with E-state index in [1.165, 1.54) is 36.4 Å². The second kappa shape index (κ2) is 8.03. The lowest BCUT2D eigenvalue weighted by molar-refractivity contribution is 0.601. The third-order valence-electron chi connectivity index (χ3n) is 3.42. The van der Waals surface area contributed by atoms with Gasteiger partial charge in [0.2, 0.25) is 0 Å². The molecular weight excluding hydrogens is 379 g/mol. The predicted molar refractivity (Wildman–Crippen MR) is 105 cm³/mol. The average Bonchev–Trinajstić information content (AvgIpc) is 2.86. The molecule has 0 atom stereocenters. The molecule has 0 fully saturated rings. The van der Waals surface area contributed by atoms with Gasteiger partial charge in [0.15, 0.2) is 0 Å². The van der Waals surface area contributed by atoms with Gasteiger partial charge in [-0.1, -0.05) is 0 Å². The Morgan fingerprint density at radius 1 is 1.08 bits per heavy atom. The number of hydrogen-bond donors (Lipinski definition) is 2. The molecule has 3 rings (SSSR count). The number of nitrogens with two attached hydrogens (primary N) is 1. The second-order valence-electron chi connectivity index (χ2n) is 5.18. The van der Waals surface area contributed by atoms with Crippen LogP contribution in [0.3, 0.4) is 0 Å². The lowest BCUT2D eigenvalue weighted by Crippen LogP contribution is -2.14. The van der Waals surface area contributed by atoms with Crippen molar-refractivity contribution in [2.75, 3.05) is 15.4 Å². The lowest BCUT2D eigenvalue weighted by Gasteiger charge is -2.18. The maximum Gasteiger partial charge on any atom is 0.261 e. The van der Waals surface area contributed by atoms with Crippen LogP contribution < -0.4 is 15.4 Å². The van der Waals surface area contributed by atoms with E-state index in [0.29, 0.717) is 5.69 Å². The topological polar surface area (TPSA) is 87.8 Å². The molecule has 0 unspecified atom stereocenters. The second-order valence-corrected chi connectivity index (χ2v) is 6.86. The van der Waals surface area contributed by atoms with Crippen LogP contribution in [0.5, 0.6) is 0 Å². The molecule has 0 saturated carbocycles. The molecule has 0 amide bonds. The fourth-order valence-corrected chi connectivity index (χ4v) is 3.31. The van der Waals surface area contributed by atoms with Gasteiger partial charge in [-0.2, -0.15) is 0 Å². The van der Waals surface area contributed by atoms with E-state index in [0.717, 1.165) is 0 Å². The Morgan fingerprint density at radius 2 is 1.81 bits per heavy atom. The molecule has 6 nitrogen and oxygen atoms in total. The fourth-order valence-electron chi connectivity index (χ4n) is 2.22. The molecule has 1 heterocycles. The highest BCUT2D eigenvalue weighted by atomic mass is 35.5. The number of sulfonamides is 1. The number of nitrogens with zero attached hydrogens (tertiary/aromatic N) is 2. The minimum Gasteiger partial charge on any atom is -0.397 e. The van der Waals surface area contributed by atoms with Gasteiger partial charge < -0.3 is 10.6 Å². The Hall–Kier alpha value is -2.84. The normalized spacial score (nSPS) is 13.2. The first kappa shape index (κ1) is 19.5. The van der Waals surface area contributed by atoms with Crippen molar-refractivity contribution in [1.29, 1.82) is 0 Å². The maximum atomic E-state index is 12.9.